The van der Waals surface area contributed by atoms with Gasteiger partial charge in [0.1, 0.15) is 5.69 Å². The van der Waals surface area contributed by atoms with E-state index in [9.17, 15) is 9.59 Å². The summed E-state index contributed by atoms with van der Waals surface area (Å²) in [5, 5.41) is 12.1. The van der Waals surface area contributed by atoms with Crippen molar-refractivity contribution in [3.63, 3.8) is 0 Å². The van der Waals surface area contributed by atoms with Crippen LogP contribution in [0.15, 0.2) is 30.3 Å². The van der Waals surface area contributed by atoms with Crippen LogP contribution in [0, 0.1) is 6.92 Å². The van der Waals surface area contributed by atoms with Gasteiger partial charge in [-0.15, -0.1) is 0 Å². The van der Waals surface area contributed by atoms with Crippen LogP contribution in [0.25, 0.3) is 0 Å². The van der Waals surface area contributed by atoms with Crippen LogP contribution in [0.5, 0.6) is 0 Å². The number of carboxylic acid groups (broad SMARTS) is 1. The zero-order chi connectivity index (χ0) is 14.0. The normalized spacial score (nSPS) is 10.2. The van der Waals surface area contributed by atoms with Gasteiger partial charge in [0, 0.05) is 16.3 Å². The first kappa shape index (κ1) is 13.2. The molecule has 1 aromatic carbocycles. The fraction of sp³-hybridized carbons (Fsp3) is 0.0769. The number of H-pyrrole nitrogens is 1. The van der Waals surface area contributed by atoms with Gasteiger partial charge in [-0.2, -0.15) is 0 Å². The van der Waals surface area contributed by atoms with Crippen LogP contribution in [0.2, 0.25) is 5.02 Å². The van der Waals surface area contributed by atoms with Crippen molar-refractivity contribution in [2.24, 2.45) is 0 Å². The van der Waals surface area contributed by atoms with Crippen molar-refractivity contribution < 1.29 is 14.7 Å². The second-order valence-electron chi connectivity index (χ2n) is 4.01. The molecule has 0 unspecified atom stereocenters. The number of hydrogen-bond acceptors (Lipinski definition) is 2. The minimum Gasteiger partial charge on any atom is -0.477 e. The van der Waals surface area contributed by atoms with E-state index in [1.807, 2.05) is 0 Å². The molecule has 2 rings (SSSR count). The predicted molar refractivity (Wildman–Crippen MR) is 71.9 cm³/mol. The summed E-state index contributed by atoms with van der Waals surface area (Å²) in [5.41, 5.74) is 1.26. The highest BCUT2D eigenvalue weighted by Gasteiger charge is 2.16. The van der Waals surface area contributed by atoms with Gasteiger partial charge in [-0.1, -0.05) is 11.6 Å². The van der Waals surface area contributed by atoms with Crippen LogP contribution < -0.4 is 5.32 Å². The van der Waals surface area contributed by atoms with E-state index < -0.39 is 11.9 Å². The number of benzene rings is 1. The van der Waals surface area contributed by atoms with Crippen molar-refractivity contribution in [3.05, 3.63) is 52.3 Å². The number of carboxylic acids is 1. The third-order valence-electron chi connectivity index (χ3n) is 2.52. The number of aryl methyl sites for hydroxylation is 1. The van der Waals surface area contributed by atoms with Crippen molar-refractivity contribution in [3.8, 4) is 0 Å². The van der Waals surface area contributed by atoms with Crippen molar-refractivity contribution in [2.45, 2.75) is 6.92 Å². The topological polar surface area (TPSA) is 82.2 Å². The third-order valence-corrected chi connectivity index (χ3v) is 2.77. The molecule has 0 aliphatic heterocycles. The van der Waals surface area contributed by atoms with Gasteiger partial charge in [-0.05, 0) is 37.3 Å². The van der Waals surface area contributed by atoms with E-state index in [0.717, 1.165) is 0 Å². The molecule has 1 amide bonds. The highest BCUT2D eigenvalue weighted by molar-refractivity contribution is 6.30. The molecule has 1 aromatic heterocycles. The molecule has 3 N–H and O–H groups in total. The van der Waals surface area contributed by atoms with Gasteiger partial charge in [-0.3, -0.25) is 4.79 Å². The predicted octanol–water partition coefficient (Wildman–Crippen LogP) is 2.93. The molecule has 0 aliphatic rings. The Balaban J connectivity index is 2.24. The van der Waals surface area contributed by atoms with Gasteiger partial charge in [0.15, 0.2) is 0 Å². The SMILES string of the molecule is Cc1cc(NC(=O)c2ccc(Cl)cc2)c(C(=O)O)[nH]1. The van der Waals surface area contributed by atoms with E-state index in [4.69, 9.17) is 16.7 Å². The number of nitrogens with one attached hydrogen (secondary N) is 2. The number of amides is 1. The fourth-order valence-electron chi connectivity index (χ4n) is 1.65. The average Bonchev–Trinajstić information content (AvgIpc) is 2.71. The maximum absolute atomic E-state index is 11.9. The van der Waals surface area contributed by atoms with E-state index in [2.05, 4.69) is 10.3 Å². The summed E-state index contributed by atoms with van der Waals surface area (Å²) in [7, 11) is 0. The van der Waals surface area contributed by atoms with Gasteiger partial charge in [-0.25, -0.2) is 4.79 Å². The van der Waals surface area contributed by atoms with E-state index in [1.165, 1.54) is 0 Å². The van der Waals surface area contributed by atoms with Crippen molar-refractivity contribution in [1.82, 2.24) is 4.98 Å². The molecule has 5 nitrogen and oxygen atoms in total. The Labute approximate surface area is 114 Å². The number of aromatic amines is 1. The van der Waals surface area contributed by atoms with Crippen LogP contribution >= 0.6 is 11.6 Å². The molecule has 1 heterocycles. The van der Waals surface area contributed by atoms with Gasteiger partial charge < -0.3 is 15.4 Å². The van der Waals surface area contributed by atoms with Gasteiger partial charge in [0.05, 0.1) is 5.69 Å². The second-order valence-corrected chi connectivity index (χ2v) is 4.44. The maximum Gasteiger partial charge on any atom is 0.354 e. The van der Waals surface area contributed by atoms with Crippen LogP contribution in [-0.2, 0) is 0 Å². The molecule has 0 bridgehead atoms. The highest BCUT2D eigenvalue weighted by atomic mass is 35.5. The number of carbonyl (C=O) groups is 2. The van der Waals surface area contributed by atoms with E-state index in [1.54, 1.807) is 37.3 Å². The molecule has 0 fully saturated rings. The Morgan fingerprint density at radius 1 is 1.26 bits per heavy atom. The lowest BCUT2D eigenvalue weighted by Gasteiger charge is -2.04. The number of halogens is 1. The lowest BCUT2D eigenvalue weighted by molar-refractivity contribution is 0.0692. The van der Waals surface area contributed by atoms with Crippen LogP contribution in [0.1, 0.15) is 26.5 Å². The summed E-state index contributed by atoms with van der Waals surface area (Å²) in [5.74, 6) is -1.52. The summed E-state index contributed by atoms with van der Waals surface area (Å²) in [6, 6.07) is 7.89. The first-order valence-electron chi connectivity index (χ1n) is 5.47. The Kier molecular flexibility index (Phi) is 3.57. The summed E-state index contributed by atoms with van der Waals surface area (Å²) in [6.45, 7) is 1.71. The van der Waals surface area contributed by atoms with Crippen LogP contribution in [0.3, 0.4) is 0 Å². The largest absolute Gasteiger partial charge is 0.477 e. The van der Waals surface area contributed by atoms with Gasteiger partial charge in [0.25, 0.3) is 5.91 Å². The maximum atomic E-state index is 11.9. The molecule has 2 aromatic rings. The molecular weight excluding hydrogens is 268 g/mol. The Morgan fingerprint density at radius 2 is 1.89 bits per heavy atom. The van der Waals surface area contributed by atoms with E-state index in [-0.39, 0.29) is 11.4 Å². The molecule has 98 valence electrons. The Morgan fingerprint density at radius 3 is 2.47 bits per heavy atom. The zero-order valence-corrected chi connectivity index (χ0v) is 10.8. The smallest absolute Gasteiger partial charge is 0.354 e. The first-order valence-corrected chi connectivity index (χ1v) is 5.85. The Hall–Kier alpha value is -2.27. The molecule has 0 saturated carbocycles. The lowest BCUT2D eigenvalue weighted by Crippen LogP contribution is -2.13. The molecule has 0 saturated heterocycles. The molecule has 0 atom stereocenters. The highest BCUT2D eigenvalue weighted by Crippen LogP contribution is 2.18. The molecular formula is C13H11ClN2O3. The number of carbonyl (C=O) groups excluding carboxylic acids is 1. The molecule has 6 heteroatoms. The van der Waals surface area contributed by atoms with Gasteiger partial charge in [0.2, 0.25) is 0 Å². The number of hydrogen-bond donors (Lipinski definition) is 3. The number of aromatic carboxylic acids is 1. The second kappa shape index (κ2) is 5.16. The van der Waals surface area contributed by atoms with Crippen molar-refractivity contribution >= 4 is 29.2 Å². The van der Waals surface area contributed by atoms with E-state index in [0.29, 0.717) is 16.3 Å². The number of rotatable bonds is 3. The average molecular weight is 279 g/mol. The molecule has 19 heavy (non-hydrogen) atoms. The van der Waals surface area contributed by atoms with Crippen LogP contribution in [0.4, 0.5) is 5.69 Å². The summed E-state index contributed by atoms with van der Waals surface area (Å²) < 4.78 is 0. The molecule has 0 spiro atoms. The zero-order valence-electron chi connectivity index (χ0n) is 10.0. The summed E-state index contributed by atoms with van der Waals surface area (Å²) in [6.07, 6.45) is 0. The molecule has 0 radical (unpaired) electrons. The summed E-state index contributed by atoms with van der Waals surface area (Å²) >= 11 is 5.73. The minimum absolute atomic E-state index is 0.0418. The van der Waals surface area contributed by atoms with Crippen molar-refractivity contribution in [1.29, 1.82) is 0 Å². The number of aromatic nitrogens is 1. The summed E-state index contributed by atoms with van der Waals surface area (Å²) in [4.78, 5) is 25.6. The Bertz CT molecular complexity index is 632. The van der Waals surface area contributed by atoms with E-state index >= 15 is 0 Å². The molecule has 0 aliphatic carbocycles. The first-order chi connectivity index (χ1) is 8.97. The monoisotopic (exact) mass is 278 g/mol. The standard InChI is InChI=1S/C13H11ClN2O3/c1-7-6-10(11(15-7)13(18)19)16-12(17)8-2-4-9(14)5-3-8/h2-6,15H,1H3,(H,16,17)(H,18,19). The van der Waals surface area contributed by atoms with Gasteiger partial charge >= 0.3 is 5.97 Å². The number of anilines is 1. The third kappa shape index (κ3) is 2.95. The van der Waals surface area contributed by atoms with Crippen LogP contribution in [-0.4, -0.2) is 22.0 Å². The lowest BCUT2D eigenvalue weighted by atomic mass is 10.2. The quantitative estimate of drug-likeness (QED) is 0.807. The van der Waals surface area contributed by atoms with Crippen molar-refractivity contribution in [2.75, 3.05) is 5.32 Å². The minimum atomic E-state index is -1.13. The fourth-order valence-corrected chi connectivity index (χ4v) is 1.78.